The second kappa shape index (κ2) is 4.06. The number of hydroxylamine groups is 2. The first-order chi connectivity index (χ1) is 8.04. The molecule has 6 heteroatoms. The van der Waals surface area contributed by atoms with Crippen LogP contribution in [0.1, 0.15) is 10.4 Å². The van der Waals surface area contributed by atoms with Gasteiger partial charge in [0.25, 0.3) is 5.91 Å². The van der Waals surface area contributed by atoms with Gasteiger partial charge in [-0.3, -0.25) is 14.2 Å². The Morgan fingerprint density at radius 2 is 2.18 bits per heavy atom. The van der Waals surface area contributed by atoms with E-state index in [0.29, 0.717) is 16.6 Å². The number of rotatable bonds is 2. The van der Waals surface area contributed by atoms with Crippen LogP contribution in [0.15, 0.2) is 23.0 Å². The van der Waals surface area contributed by atoms with Crippen LogP contribution in [0, 0.1) is 0 Å². The number of nitrogens with zero attached hydrogens (tertiary/aromatic N) is 2. The predicted octanol–water partition coefficient (Wildman–Crippen LogP) is 0.500. The Labute approximate surface area is 97.4 Å². The second-order valence-corrected chi connectivity index (χ2v) is 3.71. The quantitative estimate of drug-likeness (QED) is 0.771. The summed E-state index contributed by atoms with van der Waals surface area (Å²) in [5.41, 5.74) is 1.65. The largest absolute Gasteiger partial charge is 0.326 e. The topological polar surface area (TPSA) is 67.3 Å². The van der Waals surface area contributed by atoms with E-state index in [9.17, 15) is 9.59 Å². The van der Waals surface area contributed by atoms with Crippen molar-refractivity contribution in [3.8, 4) is 0 Å². The van der Waals surface area contributed by atoms with E-state index in [4.69, 9.17) is 4.84 Å². The van der Waals surface area contributed by atoms with E-state index in [-0.39, 0.29) is 11.6 Å². The molecule has 0 saturated heterocycles. The lowest BCUT2D eigenvalue weighted by Gasteiger charge is -2.13. The number of H-pyrrole nitrogens is 1. The van der Waals surface area contributed by atoms with Gasteiger partial charge < -0.3 is 4.98 Å². The lowest BCUT2D eigenvalue weighted by atomic mass is 10.2. The fourth-order valence-corrected chi connectivity index (χ4v) is 1.62. The highest BCUT2D eigenvalue weighted by molar-refractivity contribution is 5.96. The van der Waals surface area contributed by atoms with E-state index < -0.39 is 0 Å². The van der Waals surface area contributed by atoms with Crippen molar-refractivity contribution in [1.29, 1.82) is 0 Å². The Morgan fingerprint density at radius 3 is 2.82 bits per heavy atom. The average molecular weight is 235 g/mol. The van der Waals surface area contributed by atoms with Crippen molar-refractivity contribution in [1.82, 2.24) is 14.6 Å². The first kappa shape index (κ1) is 11.4. The summed E-state index contributed by atoms with van der Waals surface area (Å²) >= 11 is 0. The molecule has 0 spiro atoms. The molecule has 0 radical (unpaired) electrons. The number of hydrogen-bond acceptors (Lipinski definition) is 3. The minimum Gasteiger partial charge on any atom is -0.306 e. The minimum absolute atomic E-state index is 0.204. The van der Waals surface area contributed by atoms with Crippen molar-refractivity contribution >= 4 is 16.9 Å². The Balaban J connectivity index is 2.54. The fraction of sp³-hybridized carbons (Fsp3) is 0.273. The number of fused-ring (bicyclic) bond motifs is 1. The van der Waals surface area contributed by atoms with Crippen molar-refractivity contribution in [3.63, 3.8) is 0 Å². The molecule has 0 saturated carbocycles. The molecule has 0 fully saturated rings. The minimum atomic E-state index is -0.261. The molecule has 0 unspecified atom stereocenters. The summed E-state index contributed by atoms with van der Waals surface area (Å²) in [5, 5.41) is 1.13. The van der Waals surface area contributed by atoms with Crippen LogP contribution in [-0.2, 0) is 11.9 Å². The van der Waals surface area contributed by atoms with Gasteiger partial charge in [-0.15, -0.1) is 0 Å². The number of aromatic nitrogens is 2. The van der Waals surface area contributed by atoms with E-state index in [1.807, 2.05) is 0 Å². The molecular formula is C11H13N3O3. The zero-order valence-electron chi connectivity index (χ0n) is 9.85. The van der Waals surface area contributed by atoms with Crippen LogP contribution in [0.2, 0.25) is 0 Å². The number of aromatic amines is 1. The second-order valence-electron chi connectivity index (χ2n) is 3.71. The SMILES string of the molecule is CON(C)C(=O)c1ccc2[nH]c(=O)n(C)c2c1. The zero-order valence-corrected chi connectivity index (χ0v) is 9.85. The fourth-order valence-electron chi connectivity index (χ4n) is 1.62. The van der Waals surface area contributed by atoms with Gasteiger partial charge in [0.15, 0.2) is 0 Å². The highest BCUT2D eigenvalue weighted by Gasteiger charge is 2.13. The van der Waals surface area contributed by atoms with Crippen LogP contribution in [0.5, 0.6) is 0 Å². The first-order valence-corrected chi connectivity index (χ1v) is 5.05. The average Bonchev–Trinajstić information content (AvgIpc) is 2.63. The lowest BCUT2D eigenvalue weighted by Crippen LogP contribution is -2.25. The number of aryl methyl sites for hydroxylation is 1. The number of hydrogen-bond donors (Lipinski definition) is 1. The molecule has 1 amide bonds. The summed E-state index contributed by atoms with van der Waals surface area (Å²) in [5.74, 6) is -0.261. The highest BCUT2D eigenvalue weighted by Crippen LogP contribution is 2.13. The molecular weight excluding hydrogens is 222 g/mol. The van der Waals surface area contributed by atoms with Gasteiger partial charge >= 0.3 is 5.69 Å². The Morgan fingerprint density at radius 1 is 1.47 bits per heavy atom. The summed E-state index contributed by atoms with van der Waals surface area (Å²) in [6.45, 7) is 0. The summed E-state index contributed by atoms with van der Waals surface area (Å²) in [7, 11) is 4.60. The first-order valence-electron chi connectivity index (χ1n) is 5.05. The summed E-state index contributed by atoms with van der Waals surface area (Å²) in [6.07, 6.45) is 0. The monoisotopic (exact) mass is 235 g/mol. The smallest absolute Gasteiger partial charge is 0.306 e. The molecule has 0 aliphatic heterocycles. The zero-order chi connectivity index (χ0) is 12.6. The van der Waals surface area contributed by atoms with Crippen LogP contribution < -0.4 is 5.69 Å². The number of benzene rings is 1. The van der Waals surface area contributed by atoms with Gasteiger partial charge in [0.1, 0.15) is 0 Å². The van der Waals surface area contributed by atoms with Crippen molar-refractivity contribution in [2.45, 2.75) is 0 Å². The number of imidazole rings is 1. The standard InChI is InChI=1S/C11H13N3O3/c1-13-9-6-7(10(15)14(2)17-3)4-5-8(9)12-11(13)16/h4-6H,1-3H3,(H,12,16). The van der Waals surface area contributed by atoms with E-state index in [2.05, 4.69) is 4.98 Å². The van der Waals surface area contributed by atoms with Crippen molar-refractivity contribution in [2.24, 2.45) is 7.05 Å². The summed E-state index contributed by atoms with van der Waals surface area (Å²) in [4.78, 5) is 30.7. The van der Waals surface area contributed by atoms with E-state index in [1.54, 1.807) is 25.2 Å². The highest BCUT2D eigenvalue weighted by atomic mass is 16.7. The van der Waals surface area contributed by atoms with Crippen LogP contribution in [0.3, 0.4) is 0 Å². The third kappa shape index (κ3) is 1.83. The molecule has 6 nitrogen and oxygen atoms in total. The molecule has 1 heterocycles. The normalized spacial score (nSPS) is 10.8. The molecule has 2 rings (SSSR count). The maximum atomic E-state index is 11.8. The summed E-state index contributed by atoms with van der Waals surface area (Å²) in [6, 6.07) is 5.01. The van der Waals surface area contributed by atoms with E-state index in [1.165, 1.54) is 18.7 Å². The van der Waals surface area contributed by atoms with Gasteiger partial charge in [0.05, 0.1) is 18.1 Å². The third-order valence-corrected chi connectivity index (χ3v) is 2.71. The van der Waals surface area contributed by atoms with E-state index in [0.717, 1.165) is 5.06 Å². The molecule has 17 heavy (non-hydrogen) atoms. The number of amides is 1. The molecule has 1 aromatic carbocycles. The van der Waals surface area contributed by atoms with Crippen LogP contribution >= 0.6 is 0 Å². The Hall–Kier alpha value is -2.08. The van der Waals surface area contributed by atoms with Gasteiger partial charge in [-0.2, -0.15) is 0 Å². The maximum absolute atomic E-state index is 11.8. The molecule has 1 N–H and O–H groups in total. The van der Waals surface area contributed by atoms with Crippen LogP contribution in [-0.4, -0.2) is 34.7 Å². The van der Waals surface area contributed by atoms with Crippen molar-refractivity contribution in [2.75, 3.05) is 14.2 Å². The van der Waals surface area contributed by atoms with Crippen LogP contribution in [0.25, 0.3) is 11.0 Å². The van der Waals surface area contributed by atoms with Crippen LogP contribution in [0.4, 0.5) is 0 Å². The molecule has 1 aromatic heterocycles. The van der Waals surface area contributed by atoms with Gasteiger partial charge in [-0.1, -0.05) is 0 Å². The number of carbonyl (C=O) groups is 1. The molecule has 90 valence electrons. The van der Waals surface area contributed by atoms with E-state index >= 15 is 0 Å². The molecule has 0 bridgehead atoms. The van der Waals surface area contributed by atoms with Gasteiger partial charge in [-0.25, -0.2) is 9.86 Å². The maximum Gasteiger partial charge on any atom is 0.326 e. The van der Waals surface area contributed by atoms with Crippen molar-refractivity contribution in [3.05, 3.63) is 34.2 Å². The van der Waals surface area contributed by atoms with Gasteiger partial charge in [0, 0.05) is 19.7 Å². The Bertz CT molecular complexity index is 626. The van der Waals surface area contributed by atoms with Gasteiger partial charge in [-0.05, 0) is 18.2 Å². The molecule has 0 atom stereocenters. The number of carbonyl (C=O) groups excluding carboxylic acids is 1. The molecule has 2 aromatic rings. The molecule has 0 aliphatic carbocycles. The predicted molar refractivity (Wildman–Crippen MR) is 62.6 cm³/mol. The molecule has 0 aliphatic rings. The third-order valence-electron chi connectivity index (χ3n) is 2.71. The number of nitrogens with one attached hydrogen (secondary N) is 1. The summed E-state index contributed by atoms with van der Waals surface area (Å²) < 4.78 is 1.46. The lowest BCUT2D eigenvalue weighted by molar-refractivity contribution is -0.0756. The van der Waals surface area contributed by atoms with Gasteiger partial charge in [0.2, 0.25) is 0 Å². The van der Waals surface area contributed by atoms with Crippen molar-refractivity contribution < 1.29 is 9.63 Å². The Kier molecular flexibility index (Phi) is 2.72.